The molecule has 3 aromatic rings. The molecule has 11 heteroatoms. The van der Waals surface area contributed by atoms with Crippen molar-refractivity contribution in [2.45, 2.75) is 56.8 Å². The van der Waals surface area contributed by atoms with Crippen LogP contribution in [0.4, 0.5) is 34.9 Å². The second kappa shape index (κ2) is 8.50. The third-order valence-electron chi connectivity index (χ3n) is 7.21. The van der Waals surface area contributed by atoms with E-state index in [1.165, 1.54) is 0 Å². The topological polar surface area (TPSA) is 87.2 Å². The molecule has 7 nitrogen and oxygen atoms in total. The predicted octanol–water partition coefficient (Wildman–Crippen LogP) is 5.35. The minimum absolute atomic E-state index is 0.0902. The lowest BCUT2D eigenvalue weighted by molar-refractivity contribution is -0.137. The molecule has 38 heavy (non-hydrogen) atoms. The van der Waals surface area contributed by atoms with E-state index in [2.05, 4.69) is 15.6 Å². The smallest absolute Gasteiger partial charge is 0.351 e. The number of aromatic nitrogens is 2. The number of halogens is 4. The molecule has 2 fully saturated rings. The molecule has 6 rings (SSSR count). The largest absolute Gasteiger partial charge is 0.416 e. The minimum Gasteiger partial charge on any atom is -0.351 e. The van der Waals surface area contributed by atoms with Crippen LogP contribution in [0.2, 0.25) is 0 Å². The fraction of sp³-hybridized carbons (Fsp3) is 0.333. The van der Waals surface area contributed by atoms with Gasteiger partial charge in [-0.3, -0.25) is 9.59 Å². The molecule has 1 aromatic heterocycles. The maximum absolute atomic E-state index is 13.8. The van der Waals surface area contributed by atoms with Crippen LogP contribution in [0.25, 0.3) is 0 Å². The Hall–Kier alpha value is -4.02. The lowest BCUT2D eigenvalue weighted by atomic mass is 9.91. The van der Waals surface area contributed by atoms with Crippen LogP contribution in [0.3, 0.4) is 0 Å². The maximum atomic E-state index is 13.8. The van der Waals surface area contributed by atoms with Gasteiger partial charge in [0, 0.05) is 34.7 Å². The summed E-state index contributed by atoms with van der Waals surface area (Å²) in [5.74, 6) is -1.62. The van der Waals surface area contributed by atoms with Crippen molar-refractivity contribution in [1.29, 1.82) is 0 Å². The Bertz CT molecular complexity index is 1480. The van der Waals surface area contributed by atoms with E-state index in [-0.39, 0.29) is 18.1 Å². The Morgan fingerprint density at radius 2 is 1.89 bits per heavy atom. The summed E-state index contributed by atoms with van der Waals surface area (Å²) in [6.45, 7) is 2.07. The number of alkyl halides is 3. The molecule has 2 N–H and O–H groups in total. The first kappa shape index (κ1) is 24.3. The predicted molar refractivity (Wildman–Crippen MR) is 131 cm³/mol. The number of nitrogens with one attached hydrogen (secondary N) is 2. The second-order valence-electron chi connectivity index (χ2n) is 10.1. The van der Waals surface area contributed by atoms with Gasteiger partial charge in [0.05, 0.1) is 23.2 Å². The normalized spacial score (nSPS) is 17.8. The second-order valence-corrected chi connectivity index (χ2v) is 10.1. The number of rotatable bonds is 5. The zero-order valence-electron chi connectivity index (χ0n) is 20.3. The first-order valence-electron chi connectivity index (χ1n) is 12.3. The molecule has 0 saturated heterocycles. The molecule has 0 unspecified atom stereocenters. The highest BCUT2D eigenvalue weighted by Crippen LogP contribution is 2.53. The SMILES string of the molecule is Cc1ccc(NC(=O)c2cc(F)cc(C(F)(F)F)c2)cc1N1Cc2cnc(NC3CC3)nc2C2(CC2)C1=O. The van der Waals surface area contributed by atoms with Crippen molar-refractivity contribution in [3.63, 3.8) is 0 Å². The fourth-order valence-corrected chi connectivity index (χ4v) is 4.85. The molecule has 196 valence electrons. The molecule has 2 heterocycles. The van der Waals surface area contributed by atoms with Gasteiger partial charge in [-0.05, 0) is 68.5 Å². The molecule has 3 aliphatic rings. The van der Waals surface area contributed by atoms with E-state index in [4.69, 9.17) is 4.98 Å². The van der Waals surface area contributed by atoms with Crippen LogP contribution in [0.5, 0.6) is 0 Å². The van der Waals surface area contributed by atoms with Gasteiger partial charge in [-0.15, -0.1) is 0 Å². The van der Waals surface area contributed by atoms with Gasteiger partial charge in [0.15, 0.2) is 0 Å². The number of nitrogens with zero attached hydrogens (tertiary/aromatic N) is 3. The van der Waals surface area contributed by atoms with Crippen molar-refractivity contribution < 1.29 is 27.2 Å². The van der Waals surface area contributed by atoms with E-state index in [1.807, 2.05) is 6.92 Å². The Labute approximate surface area is 215 Å². The number of fused-ring (bicyclic) bond motifs is 2. The number of carbonyl (C=O) groups excluding carboxylic acids is 2. The molecule has 2 aromatic carbocycles. The molecule has 2 amide bonds. The van der Waals surface area contributed by atoms with Crippen molar-refractivity contribution >= 4 is 29.1 Å². The summed E-state index contributed by atoms with van der Waals surface area (Å²) in [4.78, 5) is 37.2. The number of aryl methyl sites for hydroxylation is 1. The summed E-state index contributed by atoms with van der Waals surface area (Å²) in [7, 11) is 0. The highest BCUT2D eigenvalue weighted by atomic mass is 19.4. The van der Waals surface area contributed by atoms with Crippen LogP contribution in [0, 0.1) is 12.7 Å². The lowest BCUT2D eigenvalue weighted by Crippen LogP contribution is -2.45. The van der Waals surface area contributed by atoms with Gasteiger partial charge >= 0.3 is 6.18 Å². The molecule has 2 saturated carbocycles. The fourth-order valence-electron chi connectivity index (χ4n) is 4.85. The molecule has 0 bridgehead atoms. The highest BCUT2D eigenvalue weighted by Gasteiger charge is 2.58. The van der Waals surface area contributed by atoms with Gasteiger partial charge in [-0.25, -0.2) is 14.4 Å². The van der Waals surface area contributed by atoms with Gasteiger partial charge in [0.2, 0.25) is 11.9 Å². The van der Waals surface area contributed by atoms with Crippen molar-refractivity contribution in [2.24, 2.45) is 0 Å². The van der Waals surface area contributed by atoms with E-state index in [9.17, 15) is 27.2 Å². The summed E-state index contributed by atoms with van der Waals surface area (Å²) in [5.41, 5.74) is 0.759. The number of benzene rings is 2. The maximum Gasteiger partial charge on any atom is 0.416 e. The molecular formula is C27H23F4N5O2. The number of hydrogen-bond donors (Lipinski definition) is 2. The third kappa shape index (κ3) is 4.35. The number of hydrogen-bond acceptors (Lipinski definition) is 5. The highest BCUT2D eigenvalue weighted by molar-refractivity contribution is 6.07. The van der Waals surface area contributed by atoms with Crippen molar-refractivity contribution in [1.82, 2.24) is 9.97 Å². The van der Waals surface area contributed by atoms with Gasteiger partial charge in [-0.2, -0.15) is 13.2 Å². The van der Waals surface area contributed by atoms with E-state index >= 15 is 0 Å². The zero-order valence-corrected chi connectivity index (χ0v) is 20.3. The summed E-state index contributed by atoms with van der Waals surface area (Å²) in [6, 6.07) is 6.94. The minimum atomic E-state index is -4.80. The number of amides is 2. The molecule has 0 radical (unpaired) electrons. The quantitative estimate of drug-likeness (QED) is 0.439. The monoisotopic (exact) mass is 525 g/mol. The standard InChI is InChI=1S/C27H23F4N5O2/c1-14-2-3-20(33-23(37)15-8-17(27(29,30)31)10-18(28)9-15)11-21(14)36-13-16-12-32-25(34-19-4-5-19)35-22(16)26(6-7-26)24(36)38/h2-3,8-12,19H,4-7,13H2,1H3,(H,33,37)(H,32,34,35). The molecule has 1 spiro atoms. The van der Waals surface area contributed by atoms with Gasteiger partial charge in [0.1, 0.15) is 5.82 Å². The van der Waals surface area contributed by atoms with Crippen LogP contribution >= 0.6 is 0 Å². The van der Waals surface area contributed by atoms with Crippen LogP contribution in [0.15, 0.2) is 42.6 Å². The van der Waals surface area contributed by atoms with Crippen molar-refractivity contribution in [3.8, 4) is 0 Å². The molecule has 1 aliphatic heterocycles. The Kier molecular flexibility index (Phi) is 5.44. The Balaban J connectivity index is 1.28. The van der Waals surface area contributed by atoms with Crippen molar-refractivity contribution in [2.75, 3.05) is 15.5 Å². The van der Waals surface area contributed by atoms with Crippen LogP contribution in [-0.4, -0.2) is 27.8 Å². The van der Waals surface area contributed by atoms with E-state index < -0.39 is 34.4 Å². The Morgan fingerprint density at radius 3 is 2.58 bits per heavy atom. The van der Waals surface area contributed by atoms with E-state index in [0.29, 0.717) is 42.7 Å². The average Bonchev–Trinajstić information content (AvgIpc) is 3.79. The third-order valence-corrected chi connectivity index (χ3v) is 7.21. The summed E-state index contributed by atoms with van der Waals surface area (Å²) in [6.07, 6.45) is 0.448. The number of anilines is 3. The van der Waals surface area contributed by atoms with Gasteiger partial charge in [-0.1, -0.05) is 6.07 Å². The zero-order chi connectivity index (χ0) is 26.8. The summed E-state index contributed by atoms with van der Waals surface area (Å²) in [5, 5.41) is 5.81. The average molecular weight is 526 g/mol. The van der Waals surface area contributed by atoms with Gasteiger partial charge in [0.25, 0.3) is 5.91 Å². The first-order chi connectivity index (χ1) is 18.0. The van der Waals surface area contributed by atoms with Crippen LogP contribution in [0.1, 0.15) is 58.4 Å². The van der Waals surface area contributed by atoms with Gasteiger partial charge < -0.3 is 15.5 Å². The summed E-state index contributed by atoms with van der Waals surface area (Å²) >= 11 is 0. The van der Waals surface area contributed by atoms with E-state index in [0.717, 1.165) is 35.7 Å². The van der Waals surface area contributed by atoms with E-state index in [1.54, 1.807) is 29.3 Å². The summed E-state index contributed by atoms with van der Waals surface area (Å²) < 4.78 is 53.1. The van der Waals surface area contributed by atoms with Crippen LogP contribution < -0.4 is 15.5 Å². The lowest BCUT2D eigenvalue weighted by Gasteiger charge is -2.34. The number of carbonyl (C=O) groups is 2. The molecule has 2 aliphatic carbocycles. The first-order valence-corrected chi connectivity index (χ1v) is 12.3. The Morgan fingerprint density at radius 1 is 1.13 bits per heavy atom. The van der Waals surface area contributed by atoms with Crippen LogP contribution in [-0.2, 0) is 22.9 Å². The molecular weight excluding hydrogens is 502 g/mol. The van der Waals surface area contributed by atoms with Crippen molar-refractivity contribution in [3.05, 3.63) is 76.4 Å². The molecule has 0 atom stereocenters.